The molecule has 3 heterocycles. The molecule has 1 spiro atoms. The van der Waals surface area contributed by atoms with E-state index in [0.717, 1.165) is 0 Å². The number of nitrogens with zero attached hydrogens (tertiary/aromatic N) is 3. The maximum atomic E-state index is 12.6. The average molecular weight is 319 g/mol. The van der Waals surface area contributed by atoms with Gasteiger partial charge in [0, 0.05) is 38.0 Å². The van der Waals surface area contributed by atoms with Crippen LogP contribution in [0.2, 0.25) is 0 Å². The van der Waals surface area contributed by atoms with Crippen LogP contribution in [0.15, 0.2) is 24.5 Å². The smallest absolute Gasteiger partial charge is 0.254 e. The van der Waals surface area contributed by atoms with E-state index in [1.165, 1.54) is 0 Å². The zero-order valence-electron chi connectivity index (χ0n) is 13.2. The van der Waals surface area contributed by atoms with Crippen LogP contribution in [0.25, 0.3) is 0 Å². The molecule has 2 saturated heterocycles. The molecule has 2 amide bonds. The minimum atomic E-state index is -0.650. The van der Waals surface area contributed by atoms with Crippen LogP contribution in [0, 0.1) is 0 Å². The van der Waals surface area contributed by atoms with Crippen molar-refractivity contribution in [1.82, 2.24) is 14.8 Å². The van der Waals surface area contributed by atoms with Gasteiger partial charge in [-0.2, -0.15) is 0 Å². The summed E-state index contributed by atoms with van der Waals surface area (Å²) in [5.41, 5.74) is -0.0432. The molecule has 0 aromatic carbocycles. The fourth-order valence-electron chi connectivity index (χ4n) is 3.05. The number of carbonyl (C=O) groups is 2. The van der Waals surface area contributed by atoms with Crippen molar-refractivity contribution < 1.29 is 19.1 Å². The Hall–Kier alpha value is -1.99. The lowest BCUT2D eigenvalue weighted by Crippen LogP contribution is -2.60. The Morgan fingerprint density at radius 2 is 1.83 bits per heavy atom. The summed E-state index contributed by atoms with van der Waals surface area (Å²) in [6.07, 6.45) is 3.21. The normalized spacial score (nSPS) is 25.3. The second-order valence-corrected chi connectivity index (χ2v) is 5.99. The molecule has 7 nitrogen and oxygen atoms in total. The van der Waals surface area contributed by atoms with E-state index in [1.807, 2.05) is 0 Å². The summed E-state index contributed by atoms with van der Waals surface area (Å²) in [6.45, 7) is 4.80. The molecule has 0 N–H and O–H groups in total. The number of aromatic nitrogens is 1. The van der Waals surface area contributed by atoms with Crippen LogP contribution in [-0.4, -0.2) is 78.2 Å². The van der Waals surface area contributed by atoms with Crippen LogP contribution >= 0.6 is 0 Å². The highest BCUT2D eigenvalue weighted by molar-refractivity contribution is 5.94. The van der Waals surface area contributed by atoms with Gasteiger partial charge in [-0.15, -0.1) is 0 Å². The van der Waals surface area contributed by atoms with E-state index in [9.17, 15) is 9.59 Å². The number of hydrogen-bond donors (Lipinski definition) is 0. The first-order valence-electron chi connectivity index (χ1n) is 7.76. The van der Waals surface area contributed by atoms with Gasteiger partial charge in [0.15, 0.2) is 0 Å². The van der Waals surface area contributed by atoms with Crippen LogP contribution < -0.4 is 0 Å². The van der Waals surface area contributed by atoms with Gasteiger partial charge in [-0.1, -0.05) is 0 Å². The minimum absolute atomic E-state index is 0.00365. The van der Waals surface area contributed by atoms with E-state index in [1.54, 1.807) is 41.2 Å². The van der Waals surface area contributed by atoms with Crippen molar-refractivity contribution in [3.8, 4) is 0 Å². The highest BCUT2D eigenvalue weighted by Gasteiger charge is 2.42. The Bertz CT molecular complexity index is 580. The van der Waals surface area contributed by atoms with E-state index in [-0.39, 0.29) is 11.8 Å². The minimum Gasteiger partial charge on any atom is -0.376 e. The summed E-state index contributed by atoms with van der Waals surface area (Å²) in [6, 6.07) is 3.41. The molecule has 1 atom stereocenters. The molecule has 2 aliphatic heterocycles. The van der Waals surface area contributed by atoms with Gasteiger partial charge in [0.05, 0.1) is 32.9 Å². The van der Waals surface area contributed by atoms with Gasteiger partial charge in [0.2, 0.25) is 5.91 Å². The third kappa shape index (κ3) is 3.51. The Morgan fingerprint density at radius 3 is 2.57 bits per heavy atom. The maximum Gasteiger partial charge on any atom is 0.254 e. The first-order valence-corrected chi connectivity index (χ1v) is 7.76. The molecule has 0 saturated carbocycles. The zero-order chi connectivity index (χ0) is 16.3. The molecule has 3 rings (SSSR count). The van der Waals surface area contributed by atoms with Crippen molar-refractivity contribution in [3.63, 3.8) is 0 Å². The molecule has 0 bridgehead atoms. The Labute approximate surface area is 135 Å². The van der Waals surface area contributed by atoms with Gasteiger partial charge in [-0.3, -0.25) is 14.6 Å². The molecule has 1 unspecified atom stereocenters. The standard InChI is InChI=1S/C16H21N3O4/c1-13(20)18-6-8-22-12-16(10-18)11-19(7-9-23-16)15(21)14-2-4-17-5-3-14/h2-5H,6-12H2,1H3. The fourth-order valence-corrected chi connectivity index (χ4v) is 3.05. The van der Waals surface area contributed by atoms with E-state index in [0.29, 0.717) is 51.6 Å². The number of amides is 2. The third-order valence-electron chi connectivity index (χ3n) is 4.26. The van der Waals surface area contributed by atoms with Gasteiger partial charge < -0.3 is 19.3 Å². The first-order chi connectivity index (χ1) is 11.1. The molecule has 2 fully saturated rings. The van der Waals surface area contributed by atoms with Crippen LogP contribution in [-0.2, 0) is 14.3 Å². The zero-order valence-corrected chi connectivity index (χ0v) is 13.2. The predicted octanol–water partition coefficient (Wildman–Crippen LogP) is 0.172. The van der Waals surface area contributed by atoms with Crippen LogP contribution in [0.3, 0.4) is 0 Å². The molecule has 0 radical (unpaired) electrons. The number of rotatable bonds is 1. The van der Waals surface area contributed by atoms with Crippen LogP contribution in [0.5, 0.6) is 0 Å². The quantitative estimate of drug-likeness (QED) is 0.738. The summed E-state index contributed by atoms with van der Waals surface area (Å²) in [7, 11) is 0. The number of pyridine rings is 1. The molecule has 23 heavy (non-hydrogen) atoms. The molecular weight excluding hydrogens is 298 g/mol. The Kier molecular flexibility index (Phi) is 4.58. The fraction of sp³-hybridized carbons (Fsp3) is 0.562. The van der Waals surface area contributed by atoms with E-state index < -0.39 is 5.60 Å². The van der Waals surface area contributed by atoms with Crippen LogP contribution in [0.4, 0.5) is 0 Å². The maximum absolute atomic E-state index is 12.6. The highest BCUT2D eigenvalue weighted by atomic mass is 16.5. The second-order valence-electron chi connectivity index (χ2n) is 5.99. The summed E-state index contributed by atoms with van der Waals surface area (Å²) in [5, 5.41) is 0. The van der Waals surface area contributed by atoms with Gasteiger partial charge in [0.25, 0.3) is 5.91 Å². The van der Waals surface area contributed by atoms with Crippen molar-refractivity contribution in [2.24, 2.45) is 0 Å². The van der Waals surface area contributed by atoms with Crippen molar-refractivity contribution >= 4 is 11.8 Å². The van der Waals surface area contributed by atoms with Crippen molar-refractivity contribution in [2.75, 3.05) is 46.0 Å². The van der Waals surface area contributed by atoms with Gasteiger partial charge >= 0.3 is 0 Å². The topological polar surface area (TPSA) is 72.0 Å². The average Bonchev–Trinajstić information content (AvgIpc) is 2.78. The molecule has 0 aliphatic carbocycles. The second kappa shape index (κ2) is 6.64. The molecule has 1 aromatic rings. The molecule has 2 aliphatic rings. The van der Waals surface area contributed by atoms with Gasteiger partial charge in [0.1, 0.15) is 5.60 Å². The van der Waals surface area contributed by atoms with Gasteiger partial charge in [-0.25, -0.2) is 0 Å². The molecule has 1 aromatic heterocycles. The summed E-state index contributed by atoms with van der Waals surface area (Å²) < 4.78 is 11.6. The van der Waals surface area contributed by atoms with Crippen LogP contribution in [0.1, 0.15) is 17.3 Å². The predicted molar refractivity (Wildman–Crippen MR) is 81.9 cm³/mol. The monoisotopic (exact) mass is 319 g/mol. The van der Waals surface area contributed by atoms with E-state index in [2.05, 4.69) is 4.98 Å². The van der Waals surface area contributed by atoms with Gasteiger partial charge in [-0.05, 0) is 12.1 Å². The third-order valence-corrected chi connectivity index (χ3v) is 4.26. The summed E-state index contributed by atoms with van der Waals surface area (Å²) in [5.74, 6) is -0.0512. The molecule has 124 valence electrons. The number of carbonyl (C=O) groups excluding carboxylic acids is 2. The highest BCUT2D eigenvalue weighted by Crippen LogP contribution is 2.24. The number of hydrogen-bond acceptors (Lipinski definition) is 5. The SMILES string of the molecule is CC(=O)N1CCOCC2(C1)CN(C(=O)c1ccncc1)CCO2. The van der Waals surface area contributed by atoms with Crippen molar-refractivity contribution in [2.45, 2.75) is 12.5 Å². The Morgan fingerprint density at radius 1 is 1.13 bits per heavy atom. The lowest BCUT2D eigenvalue weighted by Gasteiger charge is -2.43. The lowest BCUT2D eigenvalue weighted by molar-refractivity contribution is -0.145. The Balaban J connectivity index is 1.76. The molecular formula is C16H21N3O4. The summed E-state index contributed by atoms with van der Waals surface area (Å²) >= 11 is 0. The van der Waals surface area contributed by atoms with Crippen molar-refractivity contribution in [1.29, 1.82) is 0 Å². The van der Waals surface area contributed by atoms with E-state index >= 15 is 0 Å². The summed E-state index contributed by atoms with van der Waals surface area (Å²) in [4.78, 5) is 31.8. The van der Waals surface area contributed by atoms with Crippen molar-refractivity contribution in [3.05, 3.63) is 30.1 Å². The largest absolute Gasteiger partial charge is 0.376 e. The lowest BCUT2D eigenvalue weighted by atomic mass is 10.0. The molecule has 7 heteroatoms. The number of ether oxygens (including phenoxy) is 2. The first kappa shape index (κ1) is 15.9. The van der Waals surface area contributed by atoms with E-state index in [4.69, 9.17) is 9.47 Å². The number of morpholine rings is 1.